The average molecular weight is 387 g/mol. The van der Waals surface area contributed by atoms with E-state index in [1.54, 1.807) is 24.3 Å². The smallest absolute Gasteiger partial charge is 0.408 e. The van der Waals surface area contributed by atoms with Gasteiger partial charge >= 0.3 is 12.1 Å². The van der Waals surface area contributed by atoms with Gasteiger partial charge in [-0.2, -0.15) is 0 Å². The molecule has 1 rings (SSSR count). The number of alkyl carbamates (subject to hydrolysis) is 1. The molecule has 0 heterocycles. The minimum Gasteiger partial charge on any atom is -0.479 e. The predicted octanol–water partition coefficient (Wildman–Crippen LogP) is 3.90. The van der Waals surface area contributed by atoms with E-state index in [9.17, 15) is 9.59 Å². The molecule has 0 bridgehead atoms. The standard InChI is InChI=1S/C13H11Cl4NO4/c14-9-4-1-8(2-5-9)3-6-10(11(19)20)18-12(21)22-7-13(15,16)17/h1-6,10H,7H2,(H,18,21)(H,19,20)/b6-3+. The molecule has 1 aromatic rings. The molecule has 0 spiro atoms. The minimum atomic E-state index is -1.77. The fourth-order valence-electron chi connectivity index (χ4n) is 1.29. The SMILES string of the molecule is O=C(NC(/C=C/c1ccc(Cl)cc1)C(=O)O)OCC(Cl)(Cl)Cl. The van der Waals surface area contributed by atoms with Gasteiger partial charge in [0.1, 0.15) is 12.6 Å². The zero-order valence-corrected chi connectivity index (χ0v) is 14.0. The number of rotatable bonds is 5. The first-order valence-corrected chi connectivity index (χ1v) is 7.35. The van der Waals surface area contributed by atoms with Crippen molar-refractivity contribution in [3.05, 3.63) is 40.9 Å². The van der Waals surface area contributed by atoms with E-state index in [0.29, 0.717) is 10.6 Å². The maximum atomic E-state index is 11.4. The Morgan fingerprint density at radius 3 is 2.36 bits per heavy atom. The number of nitrogens with one attached hydrogen (secondary N) is 1. The van der Waals surface area contributed by atoms with E-state index in [2.05, 4.69) is 10.1 Å². The first-order chi connectivity index (χ1) is 10.2. The number of alkyl halides is 3. The molecule has 0 aliphatic rings. The number of amides is 1. The van der Waals surface area contributed by atoms with Crippen molar-refractivity contribution in [2.75, 3.05) is 6.61 Å². The van der Waals surface area contributed by atoms with E-state index >= 15 is 0 Å². The summed E-state index contributed by atoms with van der Waals surface area (Å²) in [6, 6.07) is 5.40. The van der Waals surface area contributed by atoms with Gasteiger partial charge in [0.2, 0.25) is 3.79 Å². The number of ether oxygens (including phenoxy) is 1. The molecule has 5 nitrogen and oxygen atoms in total. The van der Waals surface area contributed by atoms with Crippen LogP contribution in [0.15, 0.2) is 30.3 Å². The lowest BCUT2D eigenvalue weighted by atomic mass is 10.1. The van der Waals surface area contributed by atoms with Gasteiger partial charge in [0.25, 0.3) is 0 Å². The maximum Gasteiger partial charge on any atom is 0.408 e. The van der Waals surface area contributed by atoms with Crippen molar-refractivity contribution >= 4 is 64.5 Å². The summed E-state index contributed by atoms with van der Waals surface area (Å²) in [7, 11) is 0. The van der Waals surface area contributed by atoms with E-state index in [-0.39, 0.29) is 0 Å². The number of aliphatic carboxylic acids is 1. The fourth-order valence-corrected chi connectivity index (χ4v) is 1.58. The van der Waals surface area contributed by atoms with Crippen LogP contribution in [0.4, 0.5) is 4.79 Å². The third kappa shape index (κ3) is 7.75. The van der Waals surface area contributed by atoms with Crippen LogP contribution in [-0.4, -0.2) is 33.6 Å². The summed E-state index contributed by atoms with van der Waals surface area (Å²) in [5.74, 6) is -1.27. The summed E-state index contributed by atoms with van der Waals surface area (Å²) < 4.78 is 2.83. The molecule has 0 aliphatic carbocycles. The van der Waals surface area contributed by atoms with Crippen LogP contribution >= 0.6 is 46.4 Å². The highest BCUT2D eigenvalue weighted by molar-refractivity contribution is 6.67. The van der Waals surface area contributed by atoms with Crippen LogP contribution in [0.5, 0.6) is 0 Å². The molecule has 1 unspecified atom stereocenters. The number of carboxylic acids is 1. The first kappa shape index (κ1) is 18.9. The Balaban J connectivity index is 2.64. The molecule has 2 N–H and O–H groups in total. The fraction of sp³-hybridized carbons (Fsp3) is 0.231. The van der Waals surface area contributed by atoms with E-state index in [0.717, 1.165) is 0 Å². The Bertz CT molecular complexity index is 554. The molecular formula is C13H11Cl4NO4. The molecule has 0 fully saturated rings. The number of carboxylic acid groups (broad SMARTS) is 1. The van der Waals surface area contributed by atoms with Gasteiger partial charge in [-0.25, -0.2) is 9.59 Å². The highest BCUT2D eigenvalue weighted by Gasteiger charge is 2.24. The van der Waals surface area contributed by atoms with Gasteiger partial charge < -0.3 is 15.2 Å². The van der Waals surface area contributed by atoms with Gasteiger partial charge in [0, 0.05) is 5.02 Å². The van der Waals surface area contributed by atoms with E-state index in [4.69, 9.17) is 51.5 Å². The van der Waals surface area contributed by atoms with Crippen LogP contribution in [-0.2, 0) is 9.53 Å². The second-order valence-corrected chi connectivity index (χ2v) is 7.01. The zero-order chi connectivity index (χ0) is 16.8. The molecule has 0 aliphatic heterocycles. The van der Waals surface area contributed by atoms with Gasteiger partial charge in [-0.1, -0.05) is 70.7 Å². The van der Waals surface area contributed by atoms with Crippen molar-refractivity contribution in [2.24, 2.45) is 0 Å². The van der Waals surface area contributed by atoms with Crippen LogP contribution in [0.2, 0.25) is 5.02 Å². The van der Waals surface area contributed by atoms with Gasteiger partial charge in [-0.3, -0.25) is 0 Å². The molecule has 9 heteroatoms. The van der Waals surface area contributed by atoms with Crippen molar-refractivity contribution < 1.29 is 19.4 Å². The third-order valence-corrected chi connectivity index (χ3v) is 2.84. The lowest BCUT2D eigenvalue weighted by Crippen LogP contribution is -2.40. The summed E-state index contributed by atoms with van der Waals surface area (Å²) in [6.45, 7) is -0.503. The highest BCUT2D eigenvalue weighted by Crippen LogP contribution is 2.25. The van der Waals surface area contributed by atoms with Crippen molar-refractivity contribution in [1.29, 1.82) is 0 Å². The Hall–Kier alpha value is -1.14. The van der Waals surface area contributed by atoms with Gasteiger partial charge in [0.05, 0.1) is 0 Å². The number of benzene rings is 1. The molecule has 22 heavy (non-hydrogen) atoms. The number of halogens is 4. The van der Waals surface area contributed by atoms with E-state index in [1.165, 1.54) is 12.2 Å². The number of carbonyl (C=O) groups is 2. The molecule has 0 saturated heterocycles. The van der Waals surface area contributed by atoms with Crippen LogP contribution in [0.1, 0.15) is 5.56 Å². The molecule has 1 amide bonds. The summed E-state index contributed by atoms with van der Waals surface area (Å²) in [5.41, 5.74) is 0.715. The predicted molar refractivity (Wildman–Crippen MR) is 86.7 cm³/mol. The topological polar surface area (TPSA) is 75.6 Å². The second kappa shape index (κ2) is 8.48. The summed E-state index contributed by atoms with van der Waals surface area (Å²) in [4.78, 5) is 22.5. The average Bonchev–Trinajstić information content (AvgIpc) is 2.42. The van der Waals surface area contributed by atoms with E-state index in [1.807, 2.05) is 0 Å². The van der Waals surface area contributed by atoms with Crippen LogP contribution < -0.4 is 5.32 Å². The van der Waals surface area contributed by atoms with Crippen molar-refractivity contribution in [3.63, 3.8) is 0 Å². The first-order valence-electron chi connectivity index (χ1n) is 5.84. The molecule has 1 atom stereocenters. The molecule has 0 saturated carbocycles. The molecule has 0 radical (unpaired) electrons. The molecule has 120 valence electrons. The quantitative estimate of drug-likeness (QED) is 0.752. The number of hydrogen-bond donors (Lipinski definition) is 2. The Labute approximate surface area is 146 Å². The second-order valence-electron chi connectivity index (χ2n) is 4.06. The monoisotopic (exact) mass is 385 g/mol. The molecule has 1 aromatic carbocycles. The zero-order valence-electron chi connectivity index (χ0n) is 10.9. The Morgan fingerprint density at radius 2 is 1.86 bits per heavy atom. The normalized spacial score (nSPS) is 12.9. The third-order valence-electron chi connectivity index (χ3n) is 2.26. The largest absolute Gasteiger partial charge is 0.479 e. The highest BCUT2D eigenvalue weighted by atomic mass is 35.6. The lowest BCUT2D eigenvalue weighted by Gasteiger charge is -2.14. The minimum absolute atomic E-state index is 0.503. The summed E-state index contributed by atoms with van der Waals surface area (Å²) in [6.07, 6.45) is 1.78. The maximum absolute atomic E-state index is 11.4. The number of carbonyl (C=O) groups excluding carboxylic acids is 1. The van der Waals surface area contributed by atoms with Crippen molar-refractivity contribution in [1.82, 2.24) is 5.32 Å². The van der Waals surface area contributed by atoms with Crippen molar-refractivity contribution in [2.45, 2.75) is 9.83 Å². The van der Waals surface area contributed by atoms with Crippen LogP contribution in [0.25, 0.3) is 6.08 Å². The summed E-state index contributed by atoms with van der Waals surface area (Å²) in [5, 5.41) is 11.7. The summed E-state index contributed by atoms with van der Waals surface area (Å²) >= 11 is 22.0. The Morgan fingerprint density at radius 1 is 1.27 bits per heavy atom. The van der Waals surface area contributed by atoms with E-state index < -0.39 is 28.5 Å². The Kier molecular flexibility index (Phi) is 7.29. The van der Waals surface area contributed by atoms with Crippen LogP contribution in [0, 0.1) is 0 Å². The van der Waals surface area contributed by atoms with Gasteiger partial charge in [-0.05, 0) is 17.7 Å². The molecular weight excluding hydrogens is 376 g/mol. The van der Waals surface area contributed by atoms with Crippen molar-refractivity contribution in [3.8, 4) is 0 Å². The number of hydrogen-bond acceptors (Lipinski definition) is 3. The van der Waals surface area contributed by atoms with Gasteiger partial charge in [0.15, 0.2) is 0 Å². The molecule has 0 aromatic heterocycles. The van der Waals surface area contributed by atoms with Crippen LogP contribution in [0.3, 0.4) is 0 Å². The van der Waals surface area contributed by atoms with Gasteiger partial charge in [-0.15, -0.1) is 0 Å². The lowest BCUT2D eigenvalue weighted by molar-refractivity contribution is -0.138.